The molecule has 1 aliphatic heterocycles. The first-order valence-corrected chi connectivity index (χ1v) is 16.4. The number of amides is 1. The second-order valence-corrected chi connectivity index (χ2v) is 16.4. The number of nitrogens with zero attached hydrogens (tertiary/aromatic N) is 3. The van der Waals surface area contributed by atoms with Crippen LogP contribution in [0.5, 0.6) is 0 Å². The zero-order valence-corrected chi connectivity index (χ0v) is 22.3. The lowest BCUT2D eigenvalue weighted by Gasteiger charge is -2.15. The van der Waals surface area contributed by atoms with Crippen LogP contribution in [0.15, 0.2) is 72.2 Å². The highest BCUT2D eigenvalue weighted by molar-refractivity contribution is 6.76. The Morgan fingerprint density at radius 3 is 2.81 bits per heavy atom. The number of hydrogen-bond acceptors (Lipinski definition) is 4. The molecule has 1 saturated heterocycles. The van der Waals surface area contributed by atoms with Gasteiger partial charge in [0.05, 0.1) is 11.2 Å². The average molecular weight is 499 g/mol. The number of fused-ring (bicyclic) bond motifs is 2. The van der Waals surface area contributed by atoms with Gasteiger partial charge in [0.15, 0.2) is 0 Å². The zero-order valence-electron chi connectivity index (χ0n) is 21.3. The minimum atomic E-state index is -1.16. The van der Waals surface area contributed by atoms with E-state index in [4.69, 9.17) is 9.84 Å². The Labute approximate surface area is 213 Å². The molecule has 1 fully saturated rings. The van der Waals surface area contributed by atoms with Crippen LogP contribution >= 0.6 is 0 Å². The molecule has 1 aromatic carbocycles. The molecule has 0 bridgehead atoms. The molecule has 1 atom stereocenters. The van der Waals surface area contributed by atoms with Crippen LogP contribution in [0.25, 0.3) is 17.0 Å². The van der Waals surface area contributed by atoms with Gasteiger partial charge in [-0.2, -0.15) is 5.10 Å². The van der Waals surface area contributed by atoms with Crippen LogP contribution in [-0.2, 0) is 29.1 Å². The van der Waals surface area contributed by atoms with Gasteiger partial charge in [-0.25, -0.2) is 4.68 Å². The number of hydrogen-bond donors (Lipinski definition) is 1. The fraction of sp³-hybridized carbons (Fsp3) is 0.345. The molecule has 186 valence electrons. The lowest BCUT2D eigenvalue weighted by atomic mass is 9.91. The summed E-state index contributed by atoms with van der Waals surface area (Å²) in [4.78, 5) is 16.8. The summed E-state index contributed by atoms with van der Waals surface area (Å²) < 4.78 is 8.05. The van der Waals surface area contributed by atoms with Crippen molar-refractivity contribution in [1.82, 2.24) is 20.1 Å². The van der Waals surface area contributed by atoms with Gasteiger partial charge in [0.25, 0.3) is 5.91 Å². The molecule has 7 heteroatoms. The quantitative estimate of drug-likeness (QED) is 0.240. The number of carbonyl (C=O) groups excluding carboxylic acids is 1. The van der Waals surface area contributed by atoms with Crippen LogP contribution in [0.4, 0.5) is 0 Å². The molecule has 0 spiro atoms. The van der Waals surface area contributed by atoms with E-state index in [2.05, 4.69) is 66.3 Å². The molecule has 1 N–H and O–H groups in total. The van der Waals surface area contributed by atoms with Crippen LogP contribution < -0.4 is 5.32 Å². The Balaban J connectivity index is 1.43. The van der Waals surface area contributed by atoms with E-state index in [1.165, 1.54) is 5.56 Å². The molecule has 36 heavy (non-hydrogen) atoms. The van der Waals surface area contributed by atoms with E-state index >= 15 is 0 Å². The summed E-state index contributed by atoms with van der Waals surface area (Å²) in [5.74, 6) is 0.111. The minimum Gasteiger partial charge on any atom is -0.360 e. The molecule has 2 aliphatic rings. The summed E-state index contributed by atoms with van der Waals surface area (Å²) in [7, 11) is -1.16. The monoisotopic (exact) mass is 498 g/mol. The smallest absolute Gasteiger partial charge is 0.252 e. The maximum absolute atomic E-state index is 12.7. The van der Waals surface area contributed by atoms with Crippen molar-refractivity contribution in [2.75, 3.05) is 6.61 Å². The number of aromatic nitrogens is 3. The van der Waals surface area contributed by atoms with Crippen molar-refractivity contribution in [1.29, 1.82) is 0 Å². The van der Waals surface area contributed by atoms with Crippen LogP contribution in [0.2, 0.25) is 25.7 Å². The molecular weight excluding hydrogens is 464 g/mol. The first-order valence-electron chi connectivity index (χ1n) is 12.7. The van der Waals surface area contributed by atoms with Gasteiger partial charge < -0.3 is 10.1 Å². The Bertz CT molecular complexity index is 1350. The Morgan fingerprint density at radius 1 is 1.17 bits per heavy atom. The van der Waals surface area contributed by atoms with Crippen molar-refractivity contribution in [3.05, 3.63) is 89.0 Å². The van der Waals surface area contributed by atoms with Crippen molar-refractivity contribution >= 4 is 31.0 Å². The average Bonchev–Trinajstić information content (AvgIpc) is 3.37. The largest absolute Gasteiger partial charge is 0.360 e. The van der Waals surface area contributed by atoms with Crippen molar-refractivity contribution in [2.45, 2.75) is 51.7 Å². The first-order chi connectivity index (χ1) is 17.4. The SMILES string of the molecule is C[Si](C)(C)CCOCn1nc(CCc2ccncc2)c2ccc(C=C3C(=O)NC4=CC=CCC43)cc21. The molecule has 1 unspecified atom stereocenters. The molecule has 6 nitrogen and oxygen atoms in total. The van der Waals surface area contributed by atoms with Gasteiger partial charge in [0.1, 0.15) is 6.73 Å². The van der Waals surface area contributed by atoms with Gasteiger partial charge >= 0.3 is 0 Å². The summed E-state index contributed by atoms with van der Waals surface area (Å²) in [6.45, 7) is 8.25. The second-order valence-electron chi connectivity index (χ2n) is 10.8. The van der Waals surface area contributed by atoms with E-state index in [0.717, 1.165) is 65.3 Å². The summed E-state index contributed by atoms with van der Waals surface area (Å²) >= 11 is 0. The van der Waals surface area contributed by atoms with Crippen molar-refractivity contribution in [2.24, 2.45) is 5.92 Å². The van der Waals surface area contributed by atoms with Gasteiger partial charge in [-0.15, -0.1) is 0 Å². The first kappa shape index (κ1) is 24.4. The third-order valence-electron chi connectivity index (χ3n) is 6.84. The highest BCUT2D eigenvalue weighted by atomic mass is 28.3. The number of nitrogens with one attached hydrogen (secondary N) is 1. The molecule has 5 rings (SSSR count). The van der Waals surface area contributed by atoms with Gasteiger partial charge in [0.2, 0.25) is 0 Å². The maximum atomic E-state index is 12.7. The molecule has 1 aliphatic carbocycles. The lowest BCUT2D eigenvalue weighted by molar-refractivity contribution is -0.115. The van der Waals surface area contributed by atoms with Gasteiger partial charge in [0, 0.05) is 49.6 Å². The number of allylic oxidation sites excluding steroid dienone is 4. The highest BCUT2D eigenvalue weighted by Crippen LogP contribution is 2.34. The standard InChI is InChI=1S/C29H34N4O2Si/c1-36(2,3)17-16-35-20-33-28-19-22(18-25-23-6-4-5-7-26(23)31-29(25)34)8-10-24(28)27(32-33)11-9-21-12-14-30-15-13-21/h4-5,7-8,10,12-15,18-19,23H,6,9,11,16-17,20H2,1-3H3,(H,31,34). The number of aryl methyl sites for hydroxylation is 2. The fourth-order valence-electron chi connectivity index (χ4n) is 4.73. The topological polar surface area (TPSA) is 69.0 Å². The second kappa shape index (κ2) is 10.4. The molecule has 0 radical (unpaired) electrons. The van der Waals surface area contributed by atoms with Crippen LogP contribution in [-0.4, -0.2) is 35.4 Å². The maximum Gasteiger partial charge on any atom is 0.252 e. The molecule has 3 heterocycles. The summed E-state index contributed by atoms with van der Waals surface area (Å²) in [5, 5.41) is 9.12. The summed E-state index contributed by atoms with van der Waals surface area (Å²) in [5.41, 5.74) is 6.18. The Hall–Kier alpha value is -3.29. The van der Waals surface area contributed by atoms with Gasteiger partial charge in [-0.05, 0) is 66.8 Å². The Morgan fingerprint density at radius 2 is 2.00 bits per heavy atom. The van der Waals surface area contributed by atoms with E-state index in [0.29, 0.717) is 6.73 Å². The number of rotatable bonds is 9. The van der Waals surface area contributed by atoms with E-state index in [9.17, 15) is 4.79 Å². The van der Waals surface area contributed by atoms with E-state index in [1.807, 2.05) is 35.3 Å². The van der Waals surface area contributed by atoms with Crippen LogP contribution in [0.1, 0.15) is 23.2 Å². The summed E-state index contributed by atoms with van der Waals surface area (Å²) in [6, 6.07) is 11.6. The lowest BCUT2D eigenvalue weighted by Crippen LogP contribution is -2.22. The van der Waals surface area contributed by atoms with E-state index < -0.39 is 8.07 Å². The van der Waals surface area contributed by atoms with E-state index in [-0.39, 0.29) is 11.8 Å². The van der Waals surface area contributed by atoms with Gasteiger partial charge in [-0.3, -0.25) is 9.78 Å². The zero-order chi connectivity index (χ0) is 25.1. The van der Waals surface area contributed by atoms with Crippen molar-refractivity contribution in [3.63, 3.8) is 0 Å². The van der Waals surface area contributed by atoms with Crippen molar-refractivity contribution < 1.29 is 9.53 Å². The van der Waals surface area contributed by atoms with Crippen LogP contribution in [0, 0.1) is 5.92 Å². The number of ether oxygens (including phenoxy) is 1. The molecule has 1 amide bonds. The third-order valence-corrected chi connectivity index (χ3v) is 8.54. The van der Waals surface area contributed by atoms with Gasteiger partial charge in [-0.1, -0.05) is 43.9 Å². The minimum absolute atomic E-state index is 0.00345. The molecular formula is C29H34N4O2Si. The number of pyridine rings is 1. The number of benzene rings is 1. The Kier molecular flexibility index (Phi) is 7.03. The molecule has 0 saturated carbocycles. The predicted octanol–water partition coefficient (Wildman–Crippen LogP) is 5.50. The predicted molar refractivity (Wildman–Crippen MR) is 147 cm³/mol. The molecule has 2 aromatic heterocycles. The fourth-order valence-corrected chi connectivity index (χ4v) is 5.49. The van der Waals surface area contributed by atoms with Crippen LogP contribution in [0.3, 0.4) is 0 Å². The van der Waals surface area contributed by atoms with Crippen molar-refractivity contribution in [3.8, 4) is 0 Å². The van der Waals surface area contributed by atoms with E-state index in [1.54, 1.807) is 0 Å². The third kappa shape index (κ3) is 5.58. The summed E-state index contributed by atoms with van der Waals surface area (Å²) in [6.07, 6.45) is 14.4. The normalized spacial score (nSPS) is 18.5. The number of carbonyl (C=O) groups is 1. The highest BCUT2D eigenvalue weighted by Gasteiger charge is 2.32. The molecule has 3 aromatic rings.